The molecule has 2 heterocycles. The third-order valence-corrected chi connectivity index (χ3v) is 2.90. The summed E-state index contributed by atoms with van der Waals surface area (Å²) < 4.78 is 5.73. The number of hydrogen-bond acceptors (Lipinski definition) is 2. The maximum atomic E-state index is 5.73. The van der Waals surface area contributed by atoms with Gasteiger partial charge in [0.2, 0.25) is 0 Å². The van der Waals surface area contributed by atoms with Crippen molar-refractivity contribution in [2.75, 3.05) is 6.61 Å². The van der Waals surface area contributed by atoms with Crippen LogP contribution in [0, 0.1) is 0 Å². The minimum atomic E-state index is 0.496. The summed E-state index contributed by atoms with van der Waals surface area (Å²) in [6, 6.07) is 0. The zero-order chi connectivity index (χ0) is 10.8. The van der Waals surface area contributed by atoms with Gasteiger partial charge in [-0.05, 0) is 12.3 Å². The van der Waals surface area contributed by atoms with E-state index in [1.807, 2.05) is 6.20 Å². The van der Waals surface area contributed by atoms with E-state index in [1.54, 1.807) is 0 Å². The smallest absolute Gasteiger partial charge is 0.129 e. The van der Waals surface area contributed by atoms with Gasteiger partial charge in [0.15, 0.2) is 0 Å². The molecule has 0 aliphatic carbocycles. The average Bonchev–Trinajstić information content (AvgIpc) is 2.66. The van der Waals surface area contributed by atoms with Crippen molar-refractivity contribution >= 4 is 0 Å². The van der Waals surface area contributed by atoms with Crippen LogP contribution >= 0.6 is 0 Å². The number of pyridine rings is 1. The first-order chi connectivity index (χ1) is 7.24. The van der Waals surface area contributed by atoms with Crippen LogP contribution in [-0.4, -0.2) is 11.6 Å². The lowest BCUT2D eigenvalue weighted by Crippen LogP contribution is -2.00. The number of aryl methyl sites for hydroxylation is 1. The number of nitrogens with zero attached hydrogens (tertiary/aromatic N) is 1. The van der Waals surface area contributed by atoms with E-state index < -0.39 is 0 Å². The third-order valence-electron chi connectivity index (χ3n) is 2.90. The molecule has 2 rings (SSSR count). The Hall–Kier alpha value is -1.05. The summed E-state index contributed by atoms with van der Waals surface area (Å²) in [6.45, 7) is 7.41. The second kappa shape index (κ2) is 4.21. The molecule has 0 N–H and O–H groups in total. The number of ether oxygens (including phenoxy) is 1. The number of aromatic nitrogens is 1. The van der Waals surface area contributed by atoms with Gasteiger partial charge in [-0.25, -0.2) is 0 Å². The van der Waals surface area contributed by atoms with Crippen molar-refractivity contribution in [1.29, 1.82) is 0 Å². The standard InChI is InChI=1S/C13H19NO/c1-4-5-10-8-14-12(9(2)3)11-6-7-15-13(10)11/h8-9H,4-7H2,1-3H3. The Morgan fingerprint density at radius 2 is 2.27 bits per heavy atom. The van der Waals surface area contributed by atoms with Crippen molar-refractivity contribution in [2.24, 2.45) is 0 Å². The zero-order valence-electron chi connectivity index (χ0n) is 9.84. The topological polar surface area (TPSA) is 22.1 Å². The molecular weight excluding hydrogens is 186 g/mol. The molecule has 0 saturated carbocycles. The second-order valence-electron chi connectivity index (χ2n) is 4.48. The predicted octanol–water partition coefficient (Wildman–Crippen LogP) is 3.09. The minimum absolute atomic E-state index is 0.496. The molecule has 0 unspecified atom stereocenters. The van der Waals surface area contributed by atoms with Gasteiger partial charge in [0.05, 0.1) is 6.61 Å². The summed E-state index contributed by atoms with van der Waals surface area (Å²) >= 11 is 0. The van der Waals surface area contributed by atoms with Gasteiger partial charge in [0.25, 0.3) is 0 Å². The molecule has 0 saturated heterocycles. The second-order valence-corrected chi connectivity index (χ2v) is 4.48. The van der Waals surface area contributed by atoms with Gasteiger partial charge in [-0.15, -0.1) is 0 Å². The summed E-state index contributed by atoms with van der Waals surface area (Å²) in [5, 5.41) is 0. The Morgan fingerprint density at radius 3 is 2.93 bits per heavy atom. The fourth-order valence-corrected chi connectivity index (χ4v) is 2.22. The first kappa shape index (κ1) is 10.5. The average molecular weight is 205 g/mol. The Morgan fingerprint density at radius 1 is 1.47 bits per heavy atom. The predicted molar refractivity (Wildman–Crippen MR) is 61.5 cm³/mol. The van der Waals surface area contributed by atoms with Crippen molar-refractivity contribution < 1.29 is 4.74 Å². The van der Waals surface area contributed by atoms with Crippen LogP contribution in [0.3, 0.4) is 0 Å². The van der Waals surface area contributed by atoms with Gasteiger partial charge in [-0.2, -0.15) is 0 Å². The summed E-state index contributed by atoms with van der Waals surface area (Å²) in [6.07, 6.45) is 5.27. The highest BCUT2D eigenvalue weighted by molar-refractivity contribution is 5.46. The molecule has 1 aromatic rings. The van der Waals surface area contributed by atoms with Gasteiger partial charge in [0.1, 0.15) is 5.75 Å². The number of rotatable bonds is 3. The number of hydrogen-bond donors (Lipinski definition) is 0. The minimum Gasteiger partial charge on any atom is -0.493 e. The maximum Gasteiger partial charge on any atom is 0.129 e. The van der Waals surface area contributed by atoms with Crippen LogP contribution in [0.2, 0.25) is 0 Å². The largest absolute Gasteiger partial charge is 0.493 e. The molecule has 1 aliphatic rings. The molecule has 0 amide bonds. The van der Waals surface area contributed by atoms with E-state index >= 15 is 0 Å². The highest BCUT2D eigenvalue weighted by Crippen LogP contribution is 2.34. The molecular formula is C13H19NO. The van der Waals surface area contributed by atoms with E-state index in [4.69, 9.17) is 4.74 Å². The lowest BCUT2D eigenvalue weighted by Gasteiger charge is -2.12. The monoisotopic (exact) mass is 205 g/mol. The van der Waals surface area contributed by atoms with Crippen molar-refractivity contribution in [3.8, 4) is 5.75 Å². The normalized spacial score (nSPS) is 14.1. The molecule has 15 heavy (non-hydrogen) atoms. The summed E-state index contributed by atoms with van der Waals surface area (Å²) in [5.74, 6) is 1.63. The van der Waals surface area contributed by atoms with Crippen LogP contribution in [0.25, 0.3) is 0 Å². The highest BCUT2D eigenvalue weighted by atomic mass is 16.5. The van der Waals surface area contributed by atoms with Crippen molar-refractivity contribution in [3.63, 3.8) is 0 Å². The van der Waals surface area contributed by atoms with Crippen molar-refractivity contribution in [3.05, 3.63) is 23.0 Å². The van der Waals surface area contributed by atoms with Crippen molar-refractivity contribution in [1.82, 2.24) is 4.98 Å². The highest BCUT2D eigenvalue weighted by Gasteiger charge is 2.21. The van der Waals surface area contributed by atoms with Gasteiger partial charge < -0.3 is 4.74 Å². The molecule has 0 aromatic carbocycles. The first-order valence-electron chi connectivity index (χ1n) is 5.87. The molecule has 2 heteroatoms. The Balaban J connectivity index is 2.44. The molecule has 1 aliphatic heterocycles. The molecule has 0 spiro atoms. The van der Waals surface area contributed by atoms with E-state index in [9.17, 15) is 0 Å². The van der Waals surface area contributed by atoms with E-state index in [0.717, 1.165) is 31.6 Å². The van der Waals surface area contributed by atoms with Crippen LogP contribution in [0.5, 0.6) is 5.75 Å². The maximum absolute atomic E-state index is 5.73. The summed E-state index contributed by atoms with van der Waals surface area (Å²) in [4.78, 5) is 4.59. The van der Waals surface area contributed by atoms with E-state index in [1.165, 1.54) is 16.8 Å². The lowest BCUT2D eigenvalue weighted by atomic mass is 9.99. The molecule has 0 bridgehead atoms. The molecule has 0 fully saturated rings. The van der Waals surface area contributed by atoms with Crippen LogP contribution in [0.4, 0.5) is 0 Å². The van der Waals surface area contributed by atoms with Crippen LogP contribution in [0.15, 0.2) is 6.20 Å². The quantitative estimate of drug-likeness (QED) is 0.756. The van der Waals surface area contributed by atoms with Crippen LogP contribution in [-0.2, 0) is 12.8 Å². The fourth-order valence-electron chi connectivity index (χ4n) is 2.22. The van der Waals surface area contributed by atoms with Gasteiger partial charge in [-0.3, -0.25) is 4.98 Å². The Bertz CT molecular complexity index is 358. The molecule has 0 atom stereocenters. The van der Waals surface area contributed by atoms with E-state index in [-0.39, 0.29) is 0 Å². The summed E-state index contributed by atoms with van der Waals surface area (Å²) in [5.41, 5.74) is 3.87. The molecule has 2 nitrogen and oxygen atoms in total. The SMILES string of the molecule is CCCc1cnc(C(C)C)c2c1OCC2. The van der Waals surface area contributed by atoms with Crippen molar-refractivity contribution in [2.45, 2.75) is 46.0 Å². The van der Waals surface area contributed by atoms with E-state index in [0.29, 0.717) is 5.92 Å². The Labute approximate surface area is 91.7 Å². The van der Waals surface area contributed by atoms with Gasteiger partial charge in [0, 0.05) is 29.4 Å². The number of fused-ring (bicyclic) bond motifs is 1. The fraction of sp³-hybridized carbons (Fsp3) is 0.615. The van der Waals surface area contributed by atoms with Gasteiger partial charge in [-0.1, -0.05) is 27.2 Å². The third kappa shape index (κ3) is 1.85. The first-order valence-corrected chi connectivity index (χ1v) is 5.87. The van der Waals surface area contributed by atoms with E-state index in [2.05, 4.69) is 25.8 Å². The Kier molecular flexibility index (Phi) is 2.94. The molecule has 0 radical (unpaired) electrons. The van der Waals surface area contributed by atoms with Gasteiger partial charge >= 0.3 is 0 Å². The lowest BCUT2D eigenvalue weighted by molar-refractivity contribution is 0.353. The van der Waals surface area contributed by atoms with Crippen LogP contribution in [0.1, 0.15) is 49.9 Å². The molecule has 1 aromatic heterocycles. The summed E-state index contributed by atoms with van der Waals surface area (Å²) in [7, 11) is 0. The zero-order valence-corrected chi connectivity index (χ0v) is 9.84. The van der Waals surface area contributed by atoms with Crippen LogP contribution < -0.4 is 4.74 Å². The molecule has 82 valence electrons.